The van der Waals surface area contributed by atoms with E-state index in [1.165, 1.54) is 20.3 Å². The number of benzene rings is 2. The third-order valence-corrected chi connectivity index (χ3v) is 4.30. The average Bonchev–Trinajstić information content (AvgIpc) is 2.94. The molecule has 1 heterocycles. The molecule has 0 spiro atoms. The highest BCUT2D eigenvalue weighted by Crippen LogP contribution is 2.38. The van der Waals surface area contributed by atoms with Crippen LogP contribution in [0.3, 0.4) is 0 Å². The second-order valence-electron chi connectivity index (χ2n) is 6.08. The van der Waals surface area contributed by atoms with Crippen molar-refractivity contribution in [2.24, 2.45) is 0 Å². The number of carbonyl (C=O) groups excluding carboxylic acids is 2. The van der Waals surface area contributed by atoms with E-state index in [4.69, 9.17) is 14.2 Å². The number of amides is 2. The van der Waals surface area contributed by atoms with Gasteiger partial charge in [-0.15, -0.1) is 0 Å². The molecule has 146 valence electrons. The molecule has 3 rings (SSSR count). The number of imide groups is 1. The molecule has 7 heteroatoms. The molecule has 1 N–H and O–H groups in total. The quantitative estimate of drug-likeness (QED) is 0.738. The Bertz CT molecular complexity index is 932. The van der Waals surface area contributed by atoms with E-state index in [1.807, 2.05) is 6.92 Å². The van der Waals surface area contributed by atoms with E-state index in [-0.39, 0.29) is 17.0 Å². The normalized spacial score (nSPS) is 13.9. The summed E-state index contributed by atoms with van der Waals surface area (Å²) >= 11 is 0. The Balaban J connectivity index is 1.94. The Labute approximate surface area is 162 Å². The molecule has 1 aliphatic heterocycles. The lowest BCUT2D eigenvalue weighted by molar-refractivity contribution is -0.121. The van der Waals surface area contributed by atoms with Crippen LogP contribution in [0.1, 0.15) is 18.9 Å². The zero-order chi connectivity index (χ0) is 20.3. The summed E-state index contributed by atoms with van der Waals surface area (Å²) in [6.45, 7) is 2.58. The molecule has 0 bridgehead atoms. The van der Waals surface area contributed by atoms with Gasteiger partial charge in [-0.1, -0.05) is 19.1 Å². The van der Waals surface area contributed by atoms with Crippen molar-refractivity contribution in [2.75, 3.05) is 25.7 Å². The lowest BCUT2D eigenvalue weighted by Crippen LogP contribution is -2.31. The first kappa shape index (κ1) is 19.3. The molecule has 2 aromatic rings. The van der Waals surface area contributed by atoms with E-state index in [2.05, 4.69) is 0 Å². The molecule has 0 fully saturated rings. The molecule has 0 radical (unpaired) electrons. The molecule has 0 saturated carbocycles. The SMILES string of the molecule is CCCOc1ccc(C2=C(O)C(=O)N(c3ccc(OC)cc3OC)C2=O)cc1. The van der Waals surface area contributed by atoms with E-state index in [1.54, 1.807) is 36.4 Å². The molecule has 0 atom stereocenters. The van der Waals surface area contributed by atoms with Crippen LogP contribution in [0.2, 0.25) is 0 Å². The highest BCUT2D eigenvalue weighted by molar-refractivity contribution is 6.45. The number of rotatable bonds is 7. The highest BCUT2D eigenvalue weighted by Gasteiger charge is 2.41. The molecule has 0 aliphatic carbocycles. The highest BCUT2D eigenvalue weighted by atomic mass is 16.5. The van der Waals surface area contributed by atoms with Crippen molar-refractivity contribution in [1.82, 2.24) is 0 Å². The van der Waals surface area contributed by atoms with Gasteiger partial charge in [-0.3, -0.25) is 9.59 Å². The molecule has 0 aromatic heterocycles. The Morgan fingerprint density at radius 3 is 2.21 bits per heavy atom. The maximum atomic E-state index is 13.0. The van der Waals surface area contributed by atoms with Gasteiger partial charge in [-0.05, 0) is 36.2 Å². The average molecular weight is 383 g/mol. The number of aliphatic hydroxyl groups excluding tert-OH is 1. The van der Waals surface area contributed by atoms with Gasteiger partial charge in [-0.2, -0.15) is 0 Å². The van der Waals surface area contributed by atoms with Gasteiger partial charge in [0.2, 0.25) is 0 Å². The molecule has 28 heavy (non-hydrogen) atoms. The van der Waals surface area contributed by atoms with Crippen molar-refractivity contribution in [1.29, 1.82) is 0 Å². The summed E-state index contributed by atoms with van der Waals surface area (Å²) in [4.78, 5) is 26.5. The zero-order valence-corrected chi connectivity index (χ0v) is 15.9. The Morgan fingerprint density at radius 2 is 1.61 bits per heavy atom. The lowest BCUT2D eigenvalue weighted by Gasteiger charge is -2.18. The van der Waals surface area contributed by atoms with Gasteiger partial charge >= 0.3 is 5.91 Å². The molecule has 7 nitrogen and oxygen atoms in total. The second kappa shape index (κ2) is 8.04. The van der Waals surface area contributed by atoms with E-state index in [0.717, 1.165) is 11.3 Å². The van der Waals surface area contributed by atoms with Crippen LogP contribution in [-0.2, 0) is 9.59 Å². The molecule has 2 amide bonds. The van der Waals surface area contributed by atoms with Gasteiger partial charge in [-0.25, -0.2) is 4.90 Å². The number of anilines is 1. The molecule has 0 unspecified atom stereocenters. The van der Waals surface area contributed by atoms with E-state index in [0.29, 0.717) is 23.7 Å². The summed E-state index contributed by atoms with van der Waals surface area (Å²) in [5.41, 5.74) is 0.585. The third-order valence-electron chi connectivity index (χ3n) is 4.30. The van der Waals surface area contributed by atoms with Crippen LogP contribution in [0.15, 0.2) is 48.2 Å². The minimum Gasteiger partial charge on any atom is -0.502 e. The number of nitrogens with zero attached hydrogens (tertiary/aromatic N) is 1. The van der Waals surface area contributed by atoms with Crippen LogP contribution < -0.4 is 19.1 Å². The third kappa shape index (κ3) is 3.38. The predicted molar refractivity (Wildman–Crippen MR) is 104 cm³/mol. The minimum atomic E-state index is -0.810. The first-order chi connectivity index (χ1) is 13.5. The standard InChI is InChI=1S/C21H21NO6/c1-4-11-28-14-7-5-13(6-8-14)18-19(23)21(25)22(20(18)24)16-10-9-15(26-2)12-17(16)27-3/h5-10,12,23H,4,11H2,1-3H3. The summed E-state index contributed by atoms with van der Waals surface area (Å²) in [6, 6.07) is 11.4. The van der Waals surface area contributed by atoms with Gasteiger partial charge in [0.15, 0.2) is 5.76 Å². The van der Waals surface area contributed by atoms with Gasteiger partial charge in [0.25, 0.3) is 5.91 Å². The van der Waals surface area contributed by atoms with Crippen molar-refractivity contribution in [3.05, 3.63) is 53.8 Å². The molecule has 1 aliphatic rings. The molecule has 0 saturated heterocycles. The Morgan fingerprint density at radius 1 is 0.929 bits per heavy atom. The number of ether oxygens (including phenoxy) is 3. The van der Waals surface area contributed by atoms with E-state index in [9.17, 15) is 14.7 Å². The van der Waals surface area contributed by atoms with E-state index < -0.39 is 17.6 Å². The zero-order valence-electron chi connectivity index (χ0n) is 15.9. The number of carbonyl (C=O) groups is 2. The fourth-order valence-electron chi connectivity index (χ4n) is 2.90. The van der Waals surface area contributed by atoms with Crippen molar-refractivity contribution < 1.29 is 28.9 Å². The molecule has 2 aromatic carbocycles. The lowest BCUT2D eigenvalue weighted by atomic mass is 10.1. The van der Waals surface area contributed by atoms with Crippen LogP contribution in [0.4, 0.5) is 5.69 Å². The monoisotopic (exact) mass is 383 g/mol. The summed E-state index contributed by atoms with van der Waals surface area (Å²) in [6.07, 6.45) is 0.874. The largest absolute Gasteiger partial charge is 0.502 e. The first-order valence-corrected chi connectivity index (χ1v) is 8.79. The van der Waals surface area contributed by atoms with Gasteiger partial charge in [0, 0.05) is 6.07 Å². The number of hydrogen-bond donors (Lipinski definition) is 1. The van der Waals surface area contributed by atoms with E-state index >= 15 is 0 Å². The molecular weight excluding hydrogens is 362 g/mol. The number of hydrogen-bond acceptors (Lipinski definition) is 6. The number of aliphatic hydroxyl groups is 1. The summed E-state index contributed by atoms with van der Waals surface area (Å²) in [7, 11) is 2.92. The van der Waals surface area contributed by atoms with Crippen molar-refractivity contribution >= 4 is 23.1 Å². The number of methoxy groups -OCH3 is 2. The van der Waals surface area contributed by atoms with Gasteiger partial charge in [0.1, 0.15) is 17.2 Å². The fourth-order valence-corrected chi connectivity index (χ4v) is 2.90. The maximum Gasteiger partial charge on any atom is 0.301 e. The van der Waals surface area contributed by atoms with Gasteiger partial charge < -0.3 is 19.3 Å². The van der Waals surface area contributed by atoms with Crippen molar-refractivity contribution in [3.8, 4) is 17.2 Å². The fraction of sp³-hybridized carbons (Fsp3) is 0.238. The topological polar surface area (TPSA) is 85.3 Å². The van der Waals surface area contributed by atoms with Gasteiger partial charge in [0.05, 0.1) is 32.1 Å². The van der Waals surface area contributed by atoms with Crippen LogP contribution in [0, 0.1) is 0 Å². The van der Waals surface area contributed by atoms with Crippen molar-refractivity contribution in [3.63, 3.8) is 0 Å². The maximum absolute atomic E-state index is 13.0. The van der Waals surface area contributed by atoms with Crippen molar-refractivity contribution in [2.45, 2.75) is 13.3 Å². The predicted octanol–water partition coefficient (Wildman–Crippen LogP) is 3.34. The Hall–Kier alpha value is -3.48. The minimum absolute atomic E-state index is 0.0649. The summed E-state index contributed by atoms with van der Waals surface area (Å²) < 4.78 is 15.9. The van der Waals surface area contributed by atoms with Crippen LogP contribution in [-0.4, -0.2) is 37.7 Å². The summed E-state index contributed by atoms with van der Waals surface area (Å²) in [5, 5.41) is 10.4. The van der Waals surface area contributed by atoms with Crippen LogP contribution in [0.5, 0.6) is 17.2 Å². The van der Waals surface area contributed by atoms with Crippen LogP contribution >= 0.6 is 0 Å². The Kier molecular flexibility index (Phi) is 5.54. The first-order valence-electron chi connectivity index (χ1n) is 8.79. The van der Waals surface area contributed by atoms with Crippen LogP contribution in [0.25, 0.3) is 5.57 Å². The molecular formula is C21H21NO6. The smallest absolute Gasteiger partial charge is 0.301 e. The second-order valence-corrected chi connectivity index (χ2v) is 6.08. The summed E-state index contributed by atoms with van der Waals surface area (Å²) in [5.74, 6) is -0.609.